The SMILES string of the molecule is CCCCC(CCCC)(CCCCCC(CC)(CC)C(=O)O)C(=O)O. The van der Waals surface area contributed by atoms with E-state index in [2.05, 4.69) is 13.8 Å². The smallest absolute Gasteiger partial charge is 0.309 e. The fourth-order valence-electron chi connectivity index (χ4n) is 3.84. The van der Waals surface area contributed by atoms with Crippen molar-refractivity contribution in [2.24, 2.45) is 10.8 Å². The van der Waals surface area contributed by atoms with Gasteiger partial charge in [0.25, 0.3) is 0 Å². The summed E-state index contributed by atoms with van der Waals surface area (Å²) >= 11 is 0. The topological polar surface area (TPSA) is 74.6 Å². The summed E-state index contributed by atoms with van der Waals surface area (Å²) < 4.78 is 0. The van der Waals surface area contributed by atoms with Gasteiger partial charge in [-0.1, -0.05) is 72.6 Å². The molecule has 0 heterocycles. The average Bonchev–Trinajstić information content (AvgIpc) is 2.59. The Morgan fingerprint density at radius 1 is 0.600 bits per heavy atom. The van der Waals surface area contributed by atoms with Crippen LogP contribution in [0.3, 0.4) is 0 Å². The van der Waals surface area contributed by atoms with E-state index < -0.39 is 22.8 Å². The van der Waals surface area contributed by atoms with Gasteiger partial charge in [0, 0.05) is 0 Å². The zero-order valence-electron chi connectivity index (χ0n) is 16.9. The van der Waals surface area contributed by atoms with Crippen LogP contribution in [0.4, 0.5) is 0 Å². The summed E-state index contributed by atoms with van der Waals surface area (Å²) in [6, 6.07) is 0. The molecule has 0 spiro atoms. The van der Waals surface area contributed by atoms with E-state index >= 15 is 0 Å². The molecule has 4 nitrogen and oxygen atoms in total. The van der Waals surface area contributed by atoms with Gasteiger partial charge >= 0.3 is 11.9 Å². The Labute approximate surface area is 154 Å². The maximum Gasteiger partial charge on any atom is 0.309 e. The average molecular weight is 357 g/mol. The number of carboxylic acid groups (broad SMARTS) is 2. The molecule has 0 amide bonds. The molecule has 0 aromatic carbocycles. The molecule has 0 aliphatic heterocycles. The highest BCUT2D eigenvalue weighted by Crippen LogP contribution is 2.38. The zero-order valence-corrected chi connectivity index (χ0v) is 16.9. The molecule has 2 N–H and O–H groups in total. The molecule has 0 rings (SSSR count). The Kier molecular flexibility index (Phi) is 11.8. The van der Waals surface area contributed by atoms with Crippen molar-refractivity contribution in [2.75, 3.05) is 0 Å². The zero-order chi connectivity index (χ0) is 19.3. The highest BCUT2D eigenvalue weighted by atomic mass is 16.4. The first-order chi connectivity index (χ1) is 11.8. The number of rotatable bonds is 16. The van der Waals surface area contributed by atoms with Gasteiger partial charge in [-0.3, -0.25) is 9.59 Å². The van der Waals surface area contributed by atoms with Gasteiger partial charge in [0.2, 0.25) is 0 Å². The first-order valence-electron chi connectivity index (χ1n) is 10.3. The van der Waals surface area contributed by atoms with Crippen molar-refractivity contribution in [1.29, 1.82) is 0 Å². The van der Waals surface area contributed by atoms with Gasteiger partial charge in [-0.05, 0) is 38.5 Å². The highest BCUT2D eigenvalue weighted by molar-refractivity contribution is 5.75. The molecular formula is C21H40O4. The Morgan fingerprint density at radius 2 is 0.960 bits per heavy atom. The second kappa shape index (κ2) is 12.3. The lowest BCUT2D eigenvalue weighted by Crippen LogP contribution is -2.31. The minimum Gasteiger partial charge on any atom is -0.481 e. The lowest BCUT2D eigenvalue weighted by molar-refractivity contribution is -0.151. The third-order valence-corrected chi connectivity index (χ3v) is 6.09. The Balaban J connectivity index is 4.64. The number of carbonyl (C=O) groups is 2. The predicted octanol–water partition coefficient (Wildman–Crippen LogP) is 6.28. The molecule has 0 bridgehead atoms. The Hall–Kier alpha value is -1.06. The normalized spacial score (nSPS) is 12.3. The lowest BCUT2D eigenvalue weighted by atomic mass is 9.73. The first-order valence-corrected chi connectivity index (χ1v) is 10.3. The van der Waals surface area contributed by atoms with Crippen molar-refractivity contribution in [2.45, 2.75) is 111 Å². The summed E-state index contributed by atoms with van der Waals surface area (Å²) in [6.45, 7) is 8.10. The summed E-state index contributed by atoms with van der Waals surface area (Å²) in [4.78, 5) is 23.5. The standard InChI is InChI=1S/C21H40O4/c1-5-9-14-21(19(24)25,15-10-6-2)17-13-11-12-16-20(7-3,8-4)18(22)23/h5-17H2,1-4H3,(H,22,23)(H,24,25). The summed E-state index contributed by atoms with van der Waals surface area (Å²) in [7, 11) is 0. The van der Waals surface area contributed by atoms with Crippen LogP contribution >= 0.6 is 0 Å². The Morgan fingerprint density at radius 3 is 1.28 bits per heavy atom. The monoisotopic (exact) mass is 356 g/mol. The van der Waals surface area contributed by atoms with E-state index in [-0.39, 0.29) is 0 Å². The lowest BCUT2D eigenvalue weighted by Gasteiger charge is -2.30. The molecule has 0 unspecified atom stereocenters. The highest BCUT2D eigenvalue weighted by Gasteiger charge is 2.37. The molecule has 0 saturated heterocycles. The number of hydrogen-bond donors (Lipinski definition) is 2. The van der Waals surface area contributed by atoms with Gasteiger partial charge < -0.3 is 10.2 Å². The molecule has 148 valence electrons. The van der Waals surface area contributed by atoms with E-state index in [1.54, 1.807) is 0 Å². The van der Waals surface area contributed by atoms with Gasteiger partial charge in [0.05, 0.1) is 10.8 Å². The molecule has 0 aliphatic carbocycles. The summed E-state index contributed by atoms with van der Waals surface area (Å²) in [5, 5.41) is 19.3. The predicted molar refractivity (Wildman–Crippen MR) is 103 cm³/mol. The molecule has 25 heavy (non-hydrogen) atoms. The second-order valence-corrected chi connectivity index (χ2v) is 7.65. The molecule has 0 atom stereocenters. The van der Waals surface area contributed by atoms with E-state index in [1.165, 1.54) is 0 Å². The third-order valence-electron chi connectivity index (χ3n) is 6.09. The van der Waals surface area contributed by atoms with E-state index in [0.717, 1.165) is 64.2 Å². The van der Waals surface area contributed by atoms with Crippen LogP contribution in [0.1, 0.15) is 111 Å². The van der Waals surface area contributed by atoms with E-state index in [4.69, 9.17) is 0 Å². The van der Waals surface area contributed by atoms with Crippen LogP contribution in [-0.2, 0) is 9.59 Å². The number of aliphatic carboxylic acids is 2. The minimum atomic E-state index is -0.691. The first kappa shape index (κ1) is 23.9. The molecule has 0 aromatic rings. The van der Waals surface area contributed by atoms with Crippen LogP contribution in [-0.4, -0.2) is 22.2 Å². The van der Waals surface area contributed by atoms with Gasteiger partial charge in [-0.15, -0.1) is 0 Å². The van der Waals surface area contributed by atoms with Gasteiger partial charge in [0.1, 0.15) is 0 Å². The van der Waals surface area contributed by atoms with Crippen molar-refractivity contribution in [3.05, 3.63) is 0 Å². The molecule has 0 aromatic heterocycles. The van der Waals surface area contributed by atoms with Crippen molar-refractivity contribution in [1.82, 2.24) is 0 Å². The third kappa shape index (κ3) is 7.37. The largest absolute Gasteiger partial charge is 0.481 e. The van der Waals surface area contributed by atoms with Crippen molar-refractivity contribution in [3.63, 3.8) is 0 Å². The van der Waals surface area contributed by atoms with Crippen LogP contribution < -0.4 is 0 Å². The molecule has 0 aliphatic rings. The maximum atomic E-state index is 12.0. The van der Waals surface area contributed by atoms with E-state index in [9.17, 15) is 19.8 Å². The van der Waals surface area contributed by atoms with Crippen molar-refractivity contribution < 1.29 is 19.8 Å². The molecular weight excluding hydrogens is 316 g/mol. The van der Waals surface area contributed by atoms with E-state index in [0.29, 0.717) is 19.3 Å². The van der Waals surface area contributed by atoms with Crippen molar-refractivity contribution >= 4 is 11.9 Å². The van der Waals surface area contributed by atoms with Gasteiger partial charge in [0.15, 0.2) is 0 Å². The van der Waals surface area contributed by atoms with E-state index in [1.807, 2.05) is 13.8 Å². The van der Waals surface area contributed by atoms with Crippen LogP contribution in [0.5, 0.6) is 0 Å². The minimum absolute atomic E-state index is 0.578. The fraction of sp³-hybridized carbons (Fsp3) is 0.905. The fourth-order valence-corrected chi connectivity index (χ4v) is 3.84. The number of unbranched alkanes of at least 4 members (excludes halogenated alkanes) is 4. The molecule has 0 saturated carbocycles. The Bertz CT molecular complexity index is 377. The van der Waals surface area contributed by atoms with Crippen LogP contribution in [0.15, 0.2) is 0 Å². The van der Waals surface area contributed by atoms with Crippen LogP contribution in [0.25, 0.3) is 0 Å². The van der Waals surface area contributed by atoms with Crippen LogP contribution in [0, 0.1) is 10.8 Å². The van der Waals surface area contributed by atoms with Gasteiger partial charge in [-0.25, -0.2) is 0 Å². The second-order valence-electron chi connectivity index (χ2n) is 7.65. The van der Waals surface area contributed by atoms with Crippen molar-refractivity contribution in [3.8, 4) is 0 Å². The summed E-state index contributed by atoms with van der Waals surface area (Å²) in [6.07, 6.45) is 10.9. The van der Waals surface area contributed by atoms with Crippen LogP contribution in [0.2, 0.25) is 0 Å². The quantitative estimate of drug-likeness (QED) is 0.319. The maximum absolute atomic E-state index is 12.0. The number of carboxylic acids is 2. The molecule has 0 fully saturated rings. The summed E-state index contributed by atoms with van der Waals surface area (Å²) in [5.41, 5.74) is -1.18. The molecule has 4 heteroatoms. The number of hydrogen-bond acceptors (Lipinski definition) is 2. The molecule has 0 radical (unpaired) electrons. The summed E-state index contributed by atoms with van der Waals surface area (Å²) in [5.74, 6) is -1.33. The van der Waals surface area contributed by atoms with Gasteiger partial charge in [-0.2, -0.15) is 0 Å².